The summed E-state index contributed by atoms with van der Waals surface area (Å²) in [6, 6.07) is 83.1. The van der Waals surface area contributed by atoms with Gasteiger partial charge in [0.15, 0.2) is 0 Å². The maximum Gasteiger partial charge on any atom is 0.0714 e. The zero-order chi connectivity index (χ0) is 65.5. The monoisotopic (exact) mass is 1480 g/mol. The van der Waals surface area contributed by atoms with Crippen molar-refractivity contribution in [1.82, 2.24) is 0 Å². The molecule has 0 fully saturated rings. The lowest BCUT2D eigenvalue weighted by atomic mass is 9.66. The summed E-state index contributed by atoms with van der Waals surface area (Å²) in [6.07, 6.45) is 18.3. The Kier molecular flexibility index (Phi) is 19.5. The van der Waals surface area contributed by atoms with E-state index in [1.165, 1.54) is 215 Å². The summed E-state index contributed by atoms with van der Waals surface area (Å²) in [5.74, 6) is 0. The highest BCUT2D eigenvalue weighted by Gasteiger charge is 2.50. The van der Waals surface area contributed by atoms with E-state index in [2.05, 4.69) is 337 Å². The van der Waals surface area contributed by atoms with Crippen LogP contribution < -0.4 is 0 Å². The fraction of sp³-hybridized carbons (Fsp3) is 0.289. The molecule has 0 bridgehead atoms. The van der Waals surface area contributed by atoms with Crippen molar-refractivity contribution < 1.29 is 0 Å². The van der Waals surface area contributed by atoms with E-state index in [9.17, 15) is 0 Å². The minimum Gasteiger partial charge on any atom is -0.0654 e. The number of hydrogen-bond donors (Lipinski definition) is 0. The van der Waals surface area contributed by atoms with Crippen molar-refractivity contribution in [2.45, 2.75) is 167 Å². The van der Waals surface area contributed by atoms with E-state index in [1.807, 2.05) is 0 Å². The van der Waals surface area contributed by atoms with E-state index in [1.54, 1.807) is 11.1 Å². The first-order valence-corrected chi connectivity index (χ1v) is 37.9. The van der Waals surface area contributed by atoms with Crippen molar-refractivity contribution in [3.05, 3.63) is 281 Å². The number of benzene rings is 12. The zero-order valence-corrected chi connectivity index (χ0v) is 62.5. The normalized spacial score (nSPS) is 13.7. The number of rotatable bonds is 18. The molecule has 0 saturated heterocycles. The summed E-state index contributed by atoms with van der Waals surface area (Å²) < 4.78 is 4.49. The van der Waals surface area contributed by atoms with Gasteiger partial charge in [-0.1, -0.05) is 354 Å². The second-order valence-corrected chi connectivity index (χ2v) is 32.7. The average Bonchev–Trinajstić information content (AvgIpc) is 1.51. The van der Waals surface area contributed by atoms with Crippen LogP contribution in [0.1, 0.15) is 190 Å². The first kappa shape index (κ1) is 66.2. The highest BCUT2D eigenvalue weighted by molar-refractivity contribution is 9.11. The molecule has 4 heteroatoms. The quantitative estimate of drug-likeness (QED) is 0.0593. The Morgan fingerprint density at radius 2 is 0.649 bits per heavy atom. The molecule has 2 aliphatic carbocycles. The van der Waals surface area contributed by atoms with E-state index < -0.39 is 5.41 Å². The molecule has 12 aromatic rings. The van der Waals surface area contributed by atoms with Gasteiger partial charge >= 0.3 is 0 Å². The van der Waals surface area contributed by atoms with Gasteiger partial charge in [-0.2, -0.15) is 0 Å². The molecule has 0 atom stereocenters. The summed E-state index contributed by atoms with van der Waals surface area (Å²) in [7, 11) is 0. The molecular weight excluding hydrogens is 1400 g/mol. The summed E-state index contributed by atoms with van der Waals surface area (Å²) in [5.41, 5.74) is 21.7. The number of fused-ring (bicyclic) bond motifs is 10. The molecule has 0 amide bonds. The maximum absolute atomic E-state index is 3.98. The second-order valence-electron chi connectivity index (χ2n) is 29.0. The van der Waals surface area contributed by atoms with Gasteiger partial charge in [0.05, 0.1) is 5.41 Å². The predicted octanol–water partition coefficient (Wildman–Crippen LogP) is 29.1. The maximum atomic E-state index is 3.98. The van der Waals surface area contributed by atoms with Crippen molar-refractivity contribution in [1.29, 1.82) is 0 Å². The third-order valence-corrected chi connectivity index (χ3v) is 23.0. The van der Waals surface area contributed by atoms with Gasteiger partial charge in [-0.05, 0) is 216 Å². The van der Waals surface area contributed by atoms with Gasteiger partial charge in [0, 0.05) is 23.3 Å². The minimum absolute atomic E-state index is 0.00246. The topological polar surface area (TPSA) is 0 Å². The van der Waals surface area contributed by atoms with E-state index >= 15 is 0 Å². The van der Waals surface area contributed by atoms with Crippen LogP contribution in [0.4, 0.5) is 0 Å². The second kappa shape index (κ2) is 27.6. The molecule has 0 N–H and O–H groups in total. The van der Waals surface area contributed by atoms with Crippen molar-refractivity contribution >= 4 is 107 Å². The largest absolute Gasteiger partial charge is 0.0714 e. The summed E-state index contributed by atoms with van der Waals surface area (Å²) in [4.78, 5) is 0. The summed E-state index contributed by atoms with van der Waals surface area (Å²) >= 11 is 15.5. The Bertz CT molecular complexity index is 4530. The van der Waals surface area contributed by atoms with Gasteiger partial charge in [-0.25, -0.2) is 0 Å². The SMILES string of the molecule is Brc1ccc2c(-c3cccc4ccccc34)c3cc(Br)ccc3c(-c3cccc4ccccc34)c2c1.CCCCCCCCC1(CCCCCCCC)c2cc(Br)ccc2-c2cc3c(cc21)-c1ccc(Br)cc1C3(c1ccc(C(C)(C)C)cc1)c1ccc(C(C)(C)C)cc1. The molecule has 12 aromatic carbocycles. The van der Waals surface area contributed by atoms with E-state index in [4.69, 9.17) is 0 Å². The Morgan fingerprint density at radius 3 is 1.12 bits per heavy atom. The van der Waals surface area contributed by atoms with Crippen LogP contribution in [0.2, 0.25) is 0 Å². The molecule has 0 radical (unpaired) electrons. The number of unbranched alkanes of at least 4 members (excludes halogenated alkanes) is 10. The molecule has 94 heavy (non-hydrogen) atoms. The molecular formula is C90H88Br4. The van der Waals surface area contributed by atoms with Crippen LogP contribution in [0.3, 0.4) is 0 Å². The van der Waals surface area contributed by atoms with Crippen LogP contribution in [0.25, 0.3) is 87.6 Å². The lowest BCUT2D eigenvalue weighted by molar-refractivity contribution is 0.398. The Morgan fingerprint density at radius 1 is 0.287 bits per heavy atom. The Hall–Kier alpha value is -6.40. The highest BCUT2D eigenvalue weighted by atomic mass is 79.9. The minimum atomic E-state index is -0.477. The molecule has 0 nitrogen and oxygen atoms in total. The third-order valence-electron chi connectivity index (χ3n) is 21.0. The first-order valence-electron chi connectivity index (χ1n) is 34.8. The first-order chi connectivity index (χ1) is 45.4. The van der Waals surface area contributed by atoms with Crippen LogP contribution in [-0.4, -0.2) is 0 Å². The van der Waals surface area contributed by atoms with Crippen LogP contribution in [-0.2, 0) is 21.7 Å². The van der Waals surface area contributed by atoms with Gasteiger partial charge in [0.2, 0.25) is 0 Å². The Labute approximate surface area is 594 Å². The molecule has 0 saturated carbocycles. The van der Waals surface area contributed by atoms with Crippen molar-refractivity contribution in [2.75, 3.05) is 0 Å². The van der Waals surface area contributed by atoms with Crippen molar-refractivity contribution in [2.24, 2.45) is 0 Å². The van der Waals surface area contributed by atoms with E-state index in [0.29, 0.717) is 0 Å². The zero-order valence-electron chi connectivity index (χ0n) is 56.2. The Balaban J connectivity index is 0.000000189. The van der Waals surface area contributed by atoms with Gasteiger partial charge in [0.1, 0.15) is 0 Å². The molecule has 0 heterocycles. The molecule has 476 valence electrons. The highest BCUT2D eigenvalue weighted by Crippen LogP contribution is 2.63. The lowest BCUT2D eigenvalue weighted by Crippen LogP contribution is -2.29. The average molecular weight is 1490 g/mol. The van der Waals surface area contributed by atoms with Crippen LogP contribution >= 0.6 is 63.7 Å². The molecule has 0 aromatic heterocycles. The van der Waals surface area contributed by atoms with Crippen LogP contribution in [0.5, 0.6) is 0 Å². The van der Waals surface area contributed by atoms with Gasteiger partial charge < -0.3 is 0 Å². The van der Waals surface area contributed by atoms with Gasteiger partial charge in [-0.15, -0.1) is 0 Å². The van der Waals surface area contributed by atoms with Crippen molar-refractivity contribution in [3.8, 4) is 44.5 Å². The number of halogens is 4. The standard InChI is InChI=1S/C56H68Br2.C34H20Br2/c1-9-11-13-15-17-19-33-55(34-20-18-16-14-12-10-2)49-35-43(57)29-31-45(49)47-38-52-48(37-50(47)55)46-32-30-44(58)36-51(46)56(52,41-25-21-39(22-26-41)53(3,4)5)42-27-23-40(24-28-42)54(6,7)8;35-23-16-18-30-31(19-23)33(27-13-5-9-21-7-1-3-11-25(21)27)29-17-15-24(36)20-32(29)34(30)28-14-6-10-22-8-2-4-12-26(22)28/h21-32,35-38H,9-20,33-34H2,1-8H3;1-20H. The van der Waals surface area contributed by atoms with Crippen LogP contribution in [0, 0.1) is 0 Å². The third kappa shape index (κ3) is 12.5. The molecule has 0 aliphatic heterocycles. The summed E-state index contributed by atoms with van der Waals surface area (Å²) in [5, 5.41) is 10.0. The van der Waals surface area contributed by atoms with Crippen LogP contribution in [0.15, 0.2) is 236 Å². The lowest BCUT2D eigenvalue weighted by Gasteiger charge is -2.36. The molecule has 2 aliphatic rings. The summed E-state index contributed by atoms with van der Waals surface area (Å²) in [6.45, 7) is 18.6. The fourth-order valence-corrected chi connectivity index (χ4v) is 17.6. The van der Waals surface area contributed by atoms with Gasteiger partial charge in [-0.3, -0.25) is 0 Å². The van der Waals surface area contributed by atoms with Crippen molar-refractivity contribution in [3.63, 3.8) is 0 Å². The fourth-order valence-electron chi connectivity index (χ4n) is 16.2. The molecule has 14 rings (SSSR count). The van der Waals surface area contributed by atoms with E-state index in [-0.39, 0.29) is 16.2 Å². The number of hydrogen-bond acceptors (Lipinski definition) is 0. The molecule has 0 spiro atoms. The van der Waals surface area contributed by atoms with Gasteiger partial charge in [0.25, 0.3) is 0 Å². The van der Waals surface area contributed by atoms with E-state index in [0.717, 1.165) is 13.4 Å². The smallest absolute Gasteiger partial charge is 0.0654 e. The predicted molar refractivity (Wildman–Crippen MR) is 421 cm³/mol. The molecule has 0 unspecified atom stereocenters.